The number of aromatic nitrogens is 1. The molecule has 0 fully saturated rings. The van der Waals surface area contributed by atoms with E-state index in [2.05, 4.69) is 10.3 Å². The van der Waals surface area contributed by atoms with E-state index in [1.54, 1.807) is 18.2 Å². The van der Waals surface area contributed by atoms with Gasteiger partial charge in [-0.05, 0) is 23.8 Å². The van der Waals surface area contributed by atoms with Gasteiger partial charge in [-0.25, -0.2) is 9.37 Å². The lowest BCUT2D eigenvalue weighted by Crippen LogP contribution is -2.14. The van der Waals surface area contributed by atoms with Gasteiger partial charge < -0.3 is 5.32 Å². The number of fused-ring (bicyclic) bond motifs is 1. The molecule has 100 valence electrons. The fourth-order valence-corrected chi connectivity index (χ4v) is 2.79. The van der Waals surface area contributed by atoms with Crippen LogP contribution in [-0.4, -0.2) is 10.9 Å². The SMILES string of the molecule is O=C(Cc1ccccc1F)Nc1nc2ccccc2s1. The molecule has 0 atom stereocenters. The Balaban J connectivity index is 1.74. The highest BCUT2D eigenvalue weighted by molar-refractivity contribution is 7.22. The standard InChI is InChI=1S/C15H11FN2OS/c16-11-6-2-1-5-10(11)9-14(19)18-15-17-12-7-3-4-8-13(12)20-15/h1-8H,9H2,(H,17,18,19). The van der Waals surface area contributed by atoms with Gasteiger partial charge in [-0.3, -0.25) is 4.79 Å². The number of hydrogen-bond acceptors (Lipinski definition) is 3. The summed E-state index contributed by atoms with van der Waals surface area (Å²) in [6.45, 7) is 0. The van der Waals surface area contributed by atoms with Crippen molar-refractivity contribution >= 4 is 32.6 Å². The monoisotopic (exact) mass is 286 g/mol. The molecule has 1 aromatic heterocycles. The van der Waals surface area contributed by atoms with E-state index in [-0.39, 0.29) is 18.1 Å². The molecule has 3 rings (SSSR count). The zero-order valence-electron chi connectivity index (χ0n) is 10.5. The number of para-hydroxylation sites is 1. The molecular weight excluding hydrogens is 275 g/mol. The minimum Gasteiger partial charge on any atom is -0.302 e. The number of nitrogens with zero attached hydrogens (tertiary/aromatic N) is 1. The van der Waals surface area contributed by atoms with E-state index < -0.39 is 0 Å². The molecule has 1 heterocycles. The smallest absolute Gasteiger partial charge is 0.230 e. The second kappa shape index (κ2) is 5.38. The van der Waals surface area contributed by atoms with Crippen molar-refractivity contribution in [3.05, 3.63) is 59.9 Å². The van der Waals surface area contributed by atoms with Crippen LogP contribution in [0.4, 0.5) is 9.52 Å². The van der Waals surface area contributed by atoms with Gasteiger partial charge in [-0.1, -0.05) is 41.7 Å². The quantitative estimate of drug-likeness (QED) is 0.799. The van der Waals surface area contributed by atoms with E-state index >= 15 is 0 Å². The molecule has 20 heavy (non-hydrogen) atoms. The Hall–Kier alpha value is -2.27. The van der Waals surface area contributed by atoms with E-state index in [1.807, 2.05) is 24.3 Å². The Morgan fingerprint density at radius 1 is 1.15 bits per heavy atom. The summed E-state index contributed by atoms with van der Waals surface area (Å²) in [5, 5.41) is 3.24. The van der Waals surface area contributed by atoms with Crippen molar-refractivity contribution in [1.82, 2.24) is 4.98 Å². The number of anilines is 1. The van der Waals surface area contributed by atoms with Crippen molar-refractivity contribution in [2.45, 2.75) is 6.42 Å². The van der Waals surface area contributed by atoms with Gasteiger partial charge in [0.25, 0.3) is 0 Å². The minimum atomic E-state index is -0.369. The Morgan fingerprint density at radius 2 is 1.90 bits per heavy atom. The predicted molar refractivity (Wildman–Crippen MR) is 78.4 cm³/mol. The molecule has 0 saturated heterocycles. The van der Waals surface area contributed by atoms with Gasteiger partial charge in [0.2, 0.25) is 5.91 Å². The molecule has 1 amide bonds. The zero-order valence-corrected chi connectivity index (χ0v) is 11.3. The maximum absolute atomic E-state index is 13.5. The Morgan fingerprint density at radius 3 is 2.70 bits per heavy atom. The van der Waals surface area contributed by atoms with Crippen molar-refractivity contribution in [2.24, 2.45) is 0 Å². The van der Waals surface area contributed by atoms with E-state index in [0.29, 0.717) is 10.7 Å². The molecule has 0 aliphatic heterocycles. The highest BCUT2D eigenvalue weighted by Crippen LogP contribution is 2.25. The van der Waals surface area contributed by atoms with Crippen molar-refractivity contribution in [1.29, 1.82) is 0 Å². The van der Waals surface area contributed by atoms with Crippen molar-refractivity contribution in [2.75, 3.05) is 5.32 Å². The number of thiazole rings is 1. The summed E-state index contributed by atoms with van der Waals surface area (Å²) in [5.41, 5.74) is 1.23. The van der Waals surface area contributed by atoms with Crippen LogP contribution >= 0.6 is 11.3 Å². The van der Waals surface area contributed by atoms with Crippen LogP contribution in [0, 0.1) is 5.82 Å². The van der Waals surface area contributed by atoms with Crippen LogP contribution in [0.15, 0.2) is 48.5 Å². The van der Waals surface area contributed by atoms with E-state index in [9.17, 15) is 9.18 Å². The summed E-state index contributed by atoms with van der Waals surface area (Å²) in [5.74, 6) is -0.638. The Labute approximate surface area is 119 Å². The molecule has 0 aliphatic rings. The van der Waals surface area contributed by atoms with Gasteiger partial charge in [0.05, 0.1) is 16.6 Å². The fourth-order valence-electron chi connectivity index (χ4n) is 1.90. The number of amides is 1. The Bertz CT molecular complexity index is 736. The first-order valence-corrected chi connectivity index (χ1v) is 6.93. The molecule has 3 aromatic rings. The average molecular weight is 286 g/mol. The van der Waals surface area contributed by atoms with E-state index in [0.717, 1.165) is 10.2 Å². The summed E-state index contributed by atoms with van der Waals surface area (Å²) in [6.07, 6.45) is 0.00258. The molecule has 0 radical (unpaired) electrons. The molecule has 1 N–H and O–H groups in total. The molecule has 0 spiro atoms. The third kappa shape index (κ3) is 2.67. The largest absolute Gasteiger partial charge is 0.302 e. The number of rotatable bonds is 3. The summed E-state index contributed by atoms with van der Waals surface area (Å²) in [4.78, 5) is 16.2. The summed E-state index contributed by atoms with van der Waals surface area (Å²) in [6, 6.07) is 13.9. The molecule has 0 aliphatic carbocycles. The van der Waals surface area contributed by atoms with Crippen LogP contribution < -0.4 is 5.32 Å². The van der Waals surface area contributed by atoms with Gasteiger partial charge >= 0.3 is 0 Å². The van der Waals surface area contributed by atoms with Crippen LogP contribution in [0.1, 0.15) is 5.56 Å². The zero-order chi connectivity index (χ0) is 13.9. The Kier molecular flexibility index (Phi) is 3.43. The highest BCUT2D eigenvalue weighted by atomic mass is 32.1. The van der Waals surface area contributed by atoms with Crippen LogP contribution in [0.2, 0.25) is 0 Å². The van der Waals surface area contributed by atoms with Crippen molar-refractivity contribution in [3.63, 3.8) is 0 Å². The van der Waals surface area contributed by atoms with Gasteiger partial charge in [0.1, 0.15) is 5.82 Å². The maximum atomic E-state index is 13.5. The van der Waals surface area contributed by atoms with Crippen LogP contribution in [0.25, 0.3) is 10.2 Å². The lowest BCUT2D eigenvalue weighted by Gasteiger charge is -2.02. The molecule has 2 aromatic carbocycles. The van der Waals surface area contributed by atoms with Gasteiger partial charge in [-0.15, -0.1) is 0 Å². The van der Waals surface area contributed by atoms with Crippen LogP contribution in [0.5, 0.6) is 0 Å². The molecule has 3 nitrogen and oxygen atoms in total. The second-order valence-corrected chi connectivity index (χ2v) is 5.33. The molecule has 0 unspecified atom stereocenters. The van der Waals surface area contributed by atoms with Gasteiger partial charge in [0.15, 0.2) is 5.13 Å². The predicted octanol–water partition coefficient (Wildman–Crippen LogP) is 3.62. The third-order valence-electron chi connectivity index (χ3n) is 2.85. The normalized spacial score (nSPS) is 10.7. The number of hydrogen-bond donors (Lipinski definition) is 1. The number of carbonyl (C=O) groups is 1. The highest BCUT2D eigenvalue weighted by Gasteiger charge is 2.10. The third-order valence-corrected chi connectivity index (χ3v) is 3.80. The number of carbonyl (C=O) groups excluding carboxylic acids is 1. The lowest BCUT2D eigenvalue weighted by atomic mass is 10.1. The van der Waals surface area contributed by atoms with Crippen LogP contribution in [0.3, 0.4) is 0 Å². The molecule has 0 saturated carbocycles. The van der Waals surface area contributed by atoms with Gasteiger partial charge in [0, 0.05) is 0 Å². The lowest BCUT2D eigenvalue weighted by molar-refractivity contribution is -0.115. The molecule has 5 heteroatoms. The maximum Gasteiger partial charge on any atom is 0.230 e. The van der Waals surface area contributed by atoms with Gasteiger partial charge in [-0.2, -0.15) is 0 Å². The number of benzene rings is 2. The average Bonchev–Trinajstić information content (AvgIpc) is 2.83. The summed E-state index contributed by atoms with van der Waals surface area (Å²) in [7, 11) is 0. The topological polar surface area (TPSA) is 42.0 Å². The second-order valence-electron chi connectivity index (χ2n) is 4.30. The first kappa shape index (κ1) is 12.7. The van der Waals surface area contributed by atoms with E-state index in [1.165, 1.54) is 17.4 Å². The van der Waals surface area contributed by atoms with Crippen LogP contribution in [-0.2, 0) is 11.2 Å². The first-order chi connectivity index (χ1) is 9.72. The summed E-state index contributed by atoms with van der Waals surface area (Å²) < 4.78 is 14.5. The van der Waals surface area contributed by atoms with Crippen molar-refractivity contribution in [3.8, 4) is 0 Å². The minimum absolute atomic E-state index is 0.00258. The van der Waals surface area contributed by atoms with E-state index in [4.69, 9.17) is 0 Å². The number of halogens is 1. The number of nitrogens with one attached hydrogen (secondary N) is 1. The molecular formula is C15H11FN2OS. The first-order valence-electron chi connectivity index (χ1n) is 6.11. The fraction of sp³-hybridized carbons (Fsp3) is 0.0667. The molecule has 0 bridgehead atoms. The summed E-state index contributed by atoms with van der Waals surface area (Å²) >= 11 is 1.40. The van der Waals surface area contributed by atoms with Crippen molar-refractivity contribution < 1.29 is 9.18 Å².